The van der Waals surface area contributed by atoms with Crippen molar-refractivity contribution in [2.24, 2.45) is 0 Å². The van der Waals surface area contributed by atoms with E-state index in [9.17, 15) is 4.39 Å². The maximum Gasteiger partial charge on any atom is 0.141 e. The van der Waals surface area contributed by atoms with Gasteiger partial charge in [-0.25, -0.2) is 9.37 Å². The third kappa shape index (κ3) is 1.16. The van der Waals surface area contributed by atoms with Crippen molar-refractivity contribution in [2.45, 2.75) is 0 Å². The molecule has 2 aromatic heterocycles. The summed E-state index contributed by atoms with van der Waals surface area (Å²) in [5.41, 5.74) is 0. The fourth-order valence-corrected chi connectivity index (χ4v) is 0.840. The van der Waals surface area contributed by atoms with Crippen LogP contribution in [0.2, 0.25) is 0 Å². The van der Waals surface area contributed by atoms with Gasteiger partial charge in [-0.15, -0.1) is 10.2 Å². The molecule has 0 saturated carbocycles. The largest absolute Gasteiger partial charge is 0.272 e. The fraction of sp³-hybridized carbons (Fsp3) is 0. The molecule has 4 nitrogen and oxygen atoms in total. The van der Waals surface area contributed by atoms with Crippen molar-refractivity contribution < 1.29 is 4.39 Å². The summed E-state index contributed by atoms with van der Waals surface area (Å²) in [6, 6.07) is 2.89. The van der Waals surface area contributed by atoms with Crippen LogP contribution in [-0.4, -0.2) is 19.7 Å². The Labute approximate surface area is 67.7 Å². The highest BCUT2D eigenvalue weighted by atomic mass is 19.1. The molecule has 0 unspecified atom stereocenters. The molecular formula is C7H5FN4. The summed E-state index contributed by atoms with van der Waals surface area (Å²) in [5, 5.41) is 7.20. The van der Waals surface area contributed by atoms with Gasteiger partial charge in [0.15, 0.2) is 0 Å². The Morgan fingerprint density at radius 1 is 1.17 bits per heavy atom. The number of rotatable bonds is 1. The molecule has 0 N–H and O–H groups in total. The first-order valence-electron chi connectivity index (χ1n) is 3.33. The number of halogens is 1. The minimum absolute atomic E-state index is 0.355. The number of pyridine rings is 1. The fourth-order valence-electron chi connectivity index (χ4n) is 0.840. The normalized spacial score (nSPS) is 10.1. The summed E-state index contributed by atoms with van der Waals surface area (Å²) in [6.07, 6.45) is 4.15. The van der Waals surface area contributed by atoms with E-state index in [-0.39, 0.29) is 5.82 Å². The van der Waals surface area contributed by atoms with Gasteiger partial charge in [0, 0.05) is 0 Å². The van der Waals surface area contributed by atoms with E-state index >= 15 is 0 Å². The topological polar surface area (TPSA) is 43.6 Å². The SMILES string of the molecule is Fc1ccc(-n2cnnc2)nc1. The van der Waals surface area contributed by atoms with Crippen molar-refractivity contribution in [1.29, 1.82) is 0 Å². The molecule has 0 radical (unpaired) electrons. The highest BCUT2D eigenvalue weighted by Gasteiger charge is 1.96. The van der Waals surface area contributed by atoms with Crippen LogP contribution in [-0.2, 0) is 0 Å². The molecule has 0 amide bonds. The average Bonchev–Trinajstić information content (AvgIpc) is 2.58. The van der Waals surface area contributed by atoms with Gasteiger partial charge in [0.2, 0.25) is 0 Å². The second kappa shape index (κ2) is 2.69. The first-order chi connectivity index (χ1) is 5.86. The number of nitrogens with zero attached hydrogens (tertiary/aromatic N) is 4. The maximum absolute atomic E-state index is 12.4. The molecular weight excluding hydrogens is 159 g/mol. The summed E-state index contributed by atoms with van der Waals surface area (Å²) in [6.45, 7) is 0. The summed E-state index contributed by atoms with van der Waals surface area (Å²) in [5.74, 6) is 0.244. The summed E-state index contributed by atoms with van der Waals surface area (Å²) in [4.78, 5) is 3.83. The van der Waals surface area contributed by atoms with Crippen molar-refractivity contribution in [2.75, 3.05) is 0 Å². The lowest BCUT2D eigenvalue weighted by Crippen LogP contribution is -1.93. The second-order valence-corrected chi connectivity index (χ2v) is 2.20. The molecule has 0 atom stereocenters. The molecule has 60 valence electrons. The molecule has 0 fully saturated rings. The van der Waals surface area contributed by atoms with Crippen LogP contribution in [0.15, 0.2) is 31.0 Å². The van der Waals surface area contributed by atoms with Crippen molar-refractivity contribution in [3.63, 3.8) is 0 Å². The molecule has 0 aliphatic rings. The van der Waals surface area contributed by atoms with E-state index in [0.29, 0.717) is 5.82 Å². The van der Waals surface area contributed by atoms with E-state index < -0.39 is 0 Å². The van der Waals surface area contributed by atoms with Crippen LogP contribution in [0.3, 0.4) is 0 Å². The molecule has 0 bridgehead atoms. The minimum atomic E-state index is -0.355. The predicted octanol–water partition coefficient (Wildman–Crippen LogP) is 0.801. The standard InChI is InChI=1S/C7H5FN4/c8-6-1-2-7(9-3-6)12-4-10-11-5-12/h1-5H. The Bertz CT molecular complexity index is 353. The summed E-state index contributed by atoms with van der Waals surface area (Å²) < 4.78 is 14.0. The first-order valence-corrected chi connectivity index (χ1v) is 3.33. The highest BCUT2D eigenvalue weighted by molar-refractivity contribution is 5.20. The zero-order chi connectivity index (χ0) is 8.39. The van der Waals surface area contributed by atoms with Gasteiger partial charge in [-0.05, 0) is 12.1 Å². The number of aromatic nitrogens is 4. The van der Waals surface area contributed by atoms with Crippen LogP contribution < -0.4 is 0 Å². The van der Waals surface area contributed by atoms with E-state index in [0.717, 1.165) is 6.20 Å². The van der Waals surface area contributed by atoms with Gasteiger partial charge in [-0.1, -0.05) is 0 Å². The van der Waals surface area contributed by atoms with E-state index in [1.165, 1.54) is 18.7 Å². The Balaban J connectivity index is 2.43. The third-order valence-corrected chi connectivity index (χ3v) is 1.40. The van der Waals surface area contributed by atoms with Gasteiger partial charge >= 0.3 is 0 Å². The minimum Gasteiger partial charge on any atom is -0.272 e. The Hall–Kier alpha value is -1.78. The molecule has 2 aromatic rings. The van der Waals surface area contributed by atoms with Crippen LogP contribution in [0.5, 0.6) is 0 Å². The number of hydrogen-bond acceptors (Lipinski definition) is 3. The van der Waals surface area contributed by atoms with Crippen LogP contribution in [0, 0.1) is 5.82 Å². The van der Waals surface area contributed by atoms with Gasteiger partial charge < -0.3 is 0 Å². The monoisotopic (exact) mass is 164 g/mol. The predicted molar refractivity (Wildman–Crippen MR) is 39.1 cm³/mol. The maximum atomic E-state index is 12.4. The Kier molecular flexibility index (Phi) is 1.55. The van der Waals surface area contributed by atoms with Crippen LogP contribution in [0.1, 0.15) is 0 Å². The van der Waals surface area contributed by atoms with Crippen LogP contribution in [0.4, 0.5) is 4.39 Å². The lowest BCUT2D eigenvalue weighted by atomic mass is 10.4. The highest BCUT2D eigenvalue weighted by Crippen LogP contribution is 2.02. The quantitative estimate of drug-likeness (QED) is 0.626. The zero-order valence-electron chi connectivity index (χ0n) is 6.05. The van der Waals surface area contributed by atoms with Crippen LogP contribution >= 0.6 is 0 Å². The average molecular weight is 164 g/mol. The van der Waals surface area contributed by atoms with Crippen molar-refractivity contribution in [1.82, 2.24) is 19.7 Å². The molecule has 0 aromatic carbocycles. The molecule has 12 heavy (non-hydrogen) atoms. The van der Waals surface area contributed by atoms with E-state index in [1.54, 1.807) is 10.6 Å². The van der Waals surface area contributed by atoms with Gasteiger partial charge in [-0.3, -0.25) is 4.57 Å². The number of hydrogen-bond donors (Lipinski definition) is 0. The van der Waals surface area contributed by atoms with Crippen molar-refractivity contribution >= 4 is 0 Å². The molecule has 2 heterocycles. The lowest BCUT2D eigenvalue weighted by Gasteiger charge is -1.97. The van der Waals surface area contributed by atoms with Crippen LogP contribution in [0.25, 0.3) is 5.82 Å². The molecule has 2 rings (SSSR count). The van der Waals surface area contributed by atoms with Gasteiger partial charge in [0.1, 0.15) is 24.3 Å². The first kappa shape index (κ1) is 6.90. The van der Waals surface area contributed by atoms with Crippen molar-refractivity contribution in [3.05, 3.63) is 36.8 Å². The zero-order valence-corrected chi connectivity index (χ0v) is 6.05. The molecule has 0 spiro atoms. The molecule has 0 aliphatic carbocycles. The van der Waals surface area contributed by atoms with E-state index in [1.807, 2.05) is 0 Å². The van der Waals surface area contributed by atoms with Gasteiger partial charge in [-0.2, -0.15) is 0 Å². The second-order valence-electron chi connectivity index (χ2n) is 2.20. The Morgan fingerprint density at radius 3 is 2.50 bits per heavy atom. The smallest absolute Gasteiger partial charge is 0.141 e. The Morgan fingerprint density at radius 2 is 1.92 bits per heavy atom. The summed E-state index contributed by atoms with van der Waals surface area (Å²) in [7, 11) is 0. The molecule has 0 saturated heterocycles. The van der Waals surface area contributed by atoms with E-state index in [2.05, 4.69) is 15.2 Å². The van der Waals surface area contributed by atoms with Gasteiger partial charge in [0.05, 0.1) is 6.20 Å². The van der Waals surface area contributed by atoms with E-state index in [4.69, 9.17) is 0 Å². The molecule has 0 aliphatic heterocycles. The summed E-state index contributed by atoms with van der Waals surface area (Å²) >= 11 is 0. The lowest BCUT2D eigenvalue weighted by molar-refractivity contribution is 0.620. The third-order valence-electron chi connectivity index (χ3n) is 1.40. The van der Waals surface area contributed by atoms with Gasteiger partial charge in [0.25, 0.3) is 0 Å². The van der Waals surface area contributed by atoms with Crippen molar-refractivity contribution in [3.8, 4) is 5.82 Å². The molecule has 5 heteroatoms.